The SMILES string of the molecule is CC(=O)OC1C(C)OC(OC2C=C3CCC4C(CCC5(C)C(c6ccc(=O)oc6)CCC45O)C3(C)CC2)C(OC(C)=O)C1OC(C)=O. The molecule has 1 N–H and O–H groups in total. The number of carbonyl (C=O) groups is 3. The lowest BCUT2D eigenvalue weighted by Crippen LogP contribution is -2.62. The Kier molecular flexibility index (Phi) is 8.98. The zero-order valence-corrected chi connectivity index (χ0v) is 28.2. The van der Waals surface area contributed by atoms with Crippen LogP contribution in [-0.4, -0.2) is 65.4 Å². The molecule has 6 rings (SSSR count). The van der Waals surface area contributed by atoms with Gasteiger partial charge in [-0.25, -0.2) is 4.79 Å². The molecule has 12 unspecified atom stereocenters. The van der Waals surface area contributed by atoms with Crippen LogP contribution in [0.5, 0.6) is 0 Å². The first-order valence-corrected chi connectivity index (χ1v) is 17.0. The van der Waals surface area contributed by atoms with Crippen LogP contribution >= 0.6 is 0 Å². The van der Waals surface area contributed by atoms with Crippen molar-refractivity contribution in [3.63, 3.8) is 0 Å². The number of esters is 3. The Bertz CT molecular complexity index is 1460. The molecule has 1 aliphatic heterocycles. The van der Waals surface area contributed by atoms with Gasteiger partial charge in [-0.2, -0.15) is 0 Å². The van der Waals surface area contributed by atoms with Crippen LogP contribution in [0.2, 0.25) is 0 Å². The molecule has 5 aliphatic rings. The fourth-order valence-electron chi connectivity index (χ4n) is 10.1. The van der Waals surface area contributed by atoms with E-state index in [0.29, 0.717) is 12.3 Å². The van der Waals surface area contributed by atoms with Crippen molar-refractivity contribution < 1.29 is 47.6 Å². The van der Waals surface area contributed by atoms with E-state index in [2.05, 4.69) is 19.9 Å². The van der Waals surface area contributed by atoms with Crippen molar-refractivity contribution in [3.8, 4) is 0 Å². The third-order valence-electron chi connectivity index (χ3n) is 12.3. The molecule has 4 aliphatic carbocycles. The van der Waals surface area contributed by atoms with Gasteiger partial charge in [0.25, 0.3) is 0 Å². The molecule has 0 spiro atoms. The maximum absolute atomic E-state index is 12.6. The minimum Gasteiger partial charge on any atom is -0.456 e. The van der Waals surface area contributed by atoms with Crippen molar-refractivity contribution in [2.24, 2.45) is 22.7 Å². The molecule has 1 aromatic rings. The van der Waals surface area contributed by atoms with E-state index in [1.54, 1.807) is 13.2 Å². The maximum Gasteiger partial charge on any atom is 0.335 e. The van der Waals surface area contributed by atoms with Gasteiger partial charge >= 0.3 is 23.5 Å². The fourth-order valence-corrected chi connectivity index (χ4v) is 10.1. The molecular weight excluding hydrogens is 608 g/mol. The van der Waals surface area contributed by atoms with Crippen molar-refractivity contribution in [2.75, 3.05) is 0 Å². The first-order chi connectivity index (χ1) is 22.2. The van der Waals surface area contributed by atoms with Crippen molar-refractivity contribution in [2.45, 2.75) is 141 Å². The molecule has 258 valence electrons. The summed E-state index contributed by atoms with van der Waals surface area (Å²) in [6.07, 6.45) is 5.15. The van der Waals surface area contributed by atoms with Crippen molar-refractivity contribution in [1.29, 1.82) is 0 Å². The highest BCUT2D eigenvalue weighted by Gasteiger charge is 2.67. The van der Waals surface area contributed by atoms with Gasteiger partial charge in [0, 0.05) is 32.3 Å². The van der Waals surface area contributed by atoms with Crippen LogP contribution in [0.1, 0.15) is 104 Å². The van der Waals surface area contributed by atoms with E-state index in [1.807, 2.05) is 6.07 Å². The Morgan fingerprint density at radius 3 is 2.19 bits per heavy atom. The third kappa shape index (κ3) is 5.86. The highest BCUT2D eigenvalue weighted by Crippen LogP contribution is 2.70. The topological polar surface area (TPSA) is 148 Å². The largest absolute Gasteiger partial charge is 0.456 e. The van der Waals surface area contributed by atoms with Crippen LogP contribution in [0.15, 0.2) is 39.3 Å². The van der Waals surface area contributed by atoms with E-state index >= 15 is 0 Å². The van der Waals surface area contributed by atoms with Crippen molar-refractivity contribution in [1.82, 2.24) is 0 Å². The molecule has 12 atom stereocenters. The number of carbonyl (C=O) groups excluding carboxylic acids is 3. The van der Waals surface area contributed by atoms with Gasteiger partial charge < -0.3 is 33.2 Å². The number of rotatable bonds is 6. The molecule has 47 heavy (non-hydrogen) atoms. The monoisotopic (exact) mass is 656 g/mol. The highest BCUT2D eigenvalue weighted by molar-refractivity contribution is 5.68. The number of hydrogen-bond acceptors (Lipinski definition) is 11. The molecule has 11 nitrogen and oxygen atoms in total. The Morgan fingerprint density at radius 1 is 0.851 bits per heavy atom. The molecule has 1 aromatic heterocycles. The van der Waals surface area contributed by atoms with E-state index in [4.69, 9.17) is 28.1 Å². The van der Waals surface area contributed by atoms with Gasteiger partial charge in [0.2, 0.25) is 0 Å². The van der Waals surface area contributed by atoms with Crippen LogP contribution in [0.4, 0.5) is 0 Å². The Morgan fingerprint density at radius 2 is 1.53 bits per heavy atom. The van der Waals surface area contributed by atoms with E-state index in [9.17, 15) is 24.3 Å². The van der Waals surface area contributed by atoms with Gasteiger partial charge in [-0.3, -0.25) is 14.4 Å². The first-order valence-electron chi connectivity index (χ1n) is 17.0. The minimum absolute atomic E-state index is 0.103. The van der Waals surface area contributed by atoms with E-state index in [-0.39, 0.29) is 34.4 Å². The zero-order chi connectivity index (χ0) is 33.9. The van der Waals surface area contributed by atoms with Crippen LogP contribution in [0.3, 0.4) is 0 Å². The molecule has 0 bridgehead atoms. The molecule has 11 heteroatoms. The fraction of sp³-hybridized carbons (Fsp3) is 0.722. The summed E-state index contributed by atoms with van der Waals surface area (Å²) >= 11 is 0. The predicted molar refractivity (Wildman–Crippen MR) is 167 cm³/mol. The molecule has 0 amide bonds. The second-order valence-electron chi connectivity index (χ2n) is 14.9. The number of allylic oxidation sites excluding steroid dienone is 1. The van der Waals surface area contributed by atoms with Gasteiger partial charge in [-0.15, -0.1) is 0 Å². The Labute approximate surface area is 275 Å². The summed E-state index contributed by atoms with van der Waals surface area (Å²) < 4.78 is 34.5. The second kappa shape index (κ2) is 12.5. The summed E-state index contributed by atoms with van der Waals surface area (Å²) in [5.74, 6) is -1.21. The average molecular weight is 657 g/mol. The number of hydrogen-bond donors (Lipinski definition) is 1. The second-order valence-corrected chi connectivity index (χ2v) is 14.9. The summed E-state index contributed by atoms with van der Waals surface area (Å²) in [5.41, 5.74) is 0.707. The van der Waals surface area contributed by atoms with Crippen LogP contribution < -0.4 is 5.63 Å². The molecule has 2 heterocycles. The zero-order valence-electron chi connectivity index (χ0n) is 28.2. The quantitative estimate of drug-likeness (QED) is 0.258. The minimum atomic E-state index is -1.14. The van der Waals surface area contributed by atoms with E-state index in [1.165, 1.54) is 32.4 Å². The van der Waals surface area contributed by atoms with Crippen LogP contribution in [0, 0.1) is 22.7 Å². The van der Waals surface area contributed by atoms with Gasteiger partial charge in [0.15, 0.2) is 24.6 Å². The van der Waals surface area contributed by atoms with Gasteiger partial charge in [-0.05, 0) is 93.1 Å². The Balaban J connectivity index is 1.22. The molecule has 4 fully saturated rings. The normalized spacial score (nSPS) is 42.6. The van der Waals surface area contributed by atoms with Crippen molar-refractivity contribution in [3.05, 3.63) is 46.0 Å². The van der Waals surface area contributed by atoms with Gasteiger partial charge in [0.05, 0.1) is 24.1 Å². The van der Waals surface area contributed by atoms with E-state index in [0.717, 1.165) is 50.5 Å². The number of aliphatic hydroxyl groups is 1. The summed E-state index contributed by atoms with van der Waals surface area (Å²) in [6.45, 7) is 10.00. The lowest BCUT2D eigenvalue weighted by atomic mass is 9.45. The highest BCUT2D eigenvalue weighted by atomic mass is 16.7. The Hall–Kier alpha value is -3.02. The molecule has 1 saturated heterocycles. The number of fused-ring (bicyclic) bond motifs is 5. The summed E-state index contributed by atoms with van der Waals surface area (Å²) in [6, 6.07) is 3.33. The summed E-state index contributed by atoms with van der Waals surface area (Å²) in [5, 5.41) is 12.6. The van der Waals surface area contributed by atoms with Crippen LogP contribution in [0.25, 0.3) is 0 Å². The maximum atomic E-state index is 12.6. The standard InChI is InChI=1S/C36H48O11/c1-19-30(44-20(2)37)31(45-21(3)38)32(46-22(4)39)33(43-19)47-25-11-14-34(5)24(17-25)8-9-28-27(34)12-15-35(6)26(13-16-36(28,35)41)23-7-10-29(40)42-18-23/h7,10,17-19,25-28,30-33,41H,8-9,11-16H2,1-6H3. The van der Waals surface area contributed by atoms with Crippen molar-refractivity contribution >= 4 is 17.9 Å². The van der Waals surface area contributed by atoms with Gasteiger partial charge in [-0.1, -0.05) is 25.5 Å². The predicted octanol–water partition coefficient (Wildman–Crippen LogP) is 4.73. The molecular formula is C36H48O11. The smallest absolute Gasteiger partial charge is 0.335 e. The first kappa shape index (κ1) is 33.9. The lowest BCUT2D eigenvalue weighted by Gasteiger charge is -2.62. The van der Waals surface area contributed by atoms with E-state index < -0.39 is 54.2 Å². The lowest BCUT2D eigenvalue weighted by molar-refractivity contribution is -0.307. The van der Waals surface area contributed by atoms with Gasteiger partial charge in [0.1, 0.15) is 0 Å². The summed E-state index contributed by atoms with van der Waals surface area (Å²) in [7, 11) is 0. The number of ether oxygens (including phenoxy) is 5. The third-order valence-corrected chi connectivity index (χ3v) is 12.3. The molecule has 3 saturated carbocycles. The molecule has 0 radical (unpaired) electrons. The summed E-state index contributed by atoms with van der Waals surface area (Å²) in [4.78, 5) is 47.8. The molecule has 0 aromatic carbocycles. The average Bonchev–Trinajstić information content (AvgIpc) is 3.28. The van der Waals surface area contributed by atoms with Crippen LogP contribution in [-0.2, 0) is 38.1 Å².